The molecule has 5 nitrogen and oxygen atoms in total. The third kappa shape index (κ3) is 3.76. The molecule has 0 unspecified atom stereocenters. The molecule has 0 saturated carbocycles. The normalized spacial score (nSPS) is 18.4. The van der Waals surface area contributed by atoms with Gasteiger partial charge in [-0.05, 0) is 25.1 Å². The maximum Gasteiger partial charge on any atom is 0.252 e. The van der Waals surface area contributed by atoms with Crippen molar-refractivity contribution in [3.8, 4) is 0 Å². The van der Waals surface area contributed by atoms with Gasteiger partial charge in [-0.25, -0.2) is 8.42 Å². The van der Waals surface area contributed by atoms with Crippen molar-refractivity contribution in [2.75, 3.05) is 32.8 Å². The molecule has 108 valence electrons. The predicted octanol–water partition coefficient (Wildman–Crippen LogP) is 1.27. The van der Waals surface area contributed by atoms with E-state index in [0.717, 1.165) is 24.4 Å². The van der Waals surface area contributed by atoms with Gasteiger partial charge in [-0.2, -0.15) is 4.31 Å². The first-order valence-electron chi connectivity index (χ1n) is 6.52. The summed E-state index contributed by atoms with van der Waals surface area (Å²) < 4.78 is 32.2. The first kappa shape index (κ1) is 14.9. The summed E-state index contributed by atoms with van der Waals surface area (Å²) in [4.78, 5) is 1.05. The largest absolute Gasteiger partial charge is 0.380 e. The lowest BCUT2D eigenvalue weighted by atomic mass is 10.4. The molecule has 19 heavy (non-hydrogen) atoms. The minimum Gasteiger partial charge on any atom is -0.380 e. The van der Waals surface area contributed by atoms with Crippen molar-refractivity contribution >= 4 is 21.4 Å². The Morgan fingerprint density at radius 1 is 1.37 bits per heavy atom. The van der Waals surface area contributed by atoms with E-state index in [1.165, 1.54) is 15.6 Å². The van der Waals surface area contributed by atoms with Crippen LogP contribution in [0, 0.1) is 0 Å². The van der Waals surface area contributed by atoms with Gasteiger partial charge in [0.05, 0.1) is 6.61 Å². The van der Waals surface area contributed by atoms with Crippen LogP contribution in [-0.4, -0.2) is 45.6 Å². The van der Waals surface area contributed by atoms with Gasteiger partial charge in [0, 0.05) is 31.1 Å². The first-order valence-corrected chi connectivity index (χ1v) is 8.77. The summed E-state index contributed by atoms with van der Waals surface area (Å²) in [5.74, 6) is 0. The van der Waals surface area contributed by atoms with Crippen molar-refractivity contribution < 1.29 is 13.2 Å². The highest BCUT2D eigenvalue weighted by Crippen LogP contribution is 2.25. The van der Waals surface area contributed by atoms with Crippen molar-refractivity contribution in [3.63, 3.8) is 0 Å². The second-order valence-electron chi connectivity index (χ2n) is 4.37. The van der Waals surface area contributed by atoms with Crippen LogP contribution >= 0.6 is 11.3 Å². The molecule has 0 aliphatic carbocycles. The van der Waals surface area contributed by atoms with Crippen LogP contribution in [0.25, 0.3) is 0 Å². The zero-order valence-electron chi connectivity index (χ0n) is 11.1. The highest BCUT2D eigenvalue weighted by molar-refractivity contribution is 7.91. The van der Waals surface area contributed by atoms with Crippen LogP contribution in [0.5, 0.6) is 0 Å². The van der Waals surface area contributed by atoms with Gasteiger partial charge in [0.2, 0.25) is 0 Å². The molecule has 1 aliphatic rings. The fourth-order valence-electron chi connectivity index (χ4n) is 1.93. The van der Waals surface area contributed by atoms with Crippen LogP contribution in [-0.2, 0) is 21.3 Å². The lowest BCUT2D eigenvalue weighted by Gasteiger charge is -2.17. The van der Waals surface area contributed by atoms with Crippen molar-refractivity contribution in [1.82, 2.24) is 9.62 Å². The van der Waals surface area contributed by atoms with Crippen LogP contribution < -0.4 is 5.32 Å². The summed E-state index contributed by atoms with van der Waals surface area (Å²) in [6.07, 6.45) is 0.759. The number of sulfonamides is 1. The highest BCUT2D eigenvalue weighted by atomic mass is 32.2. The van der Waals surface area contributed by atoms with E-state index in [0.29, 0.717) is 30.5 Å². The van der Waals surface area contributed by atoms with E-state index in [2.05, 4.69) is 5.32 Å². The standard InChI is InChI=1S/C12H20N2O3S2/c1-2-13-10-11-4-5-12(18-11)19(15,16)14-6-3-8-17-9-7-14/h4-5,13H,2-3,6-10H2,1H3. The lowest BCUT2D eigenvalue weighted by Crippen LogP contribution is -2.32. The average molecular weight is 304 g/mol. The lowest BCUT2D eigenvalue weighted by molar-refractivity contribution is 0.148. The molecule has 0 atom stereocenters. The van der Waals surface area contributed by atoms with E-state index >= 15 is 0 Å². The quantitative estimate of drug-likeness (QED) is 0.890. The Morgan fingerprint density at radius 2 is 2.21 bits per heavy atom. The molecule has 1 N–H and O–H groups in total. The summed E-state index contributed by atoms with van der Waals surface area (Å²) in [5.41, 5.74) is 0. The Bertz CT molecular complexity index is 491. The van der Waals surface area contributed by atoms with E-state index in [9.17, 15) is 8.42 Å². The minimum atomic E-state index is -3.35. The Morgan fingerprint density at radius 3 is 3.00 bits per heavy atom. The summed E-state index contributed by atoms with van der Waals surface area (Å²) >= 11 is 1.35. The van der Waals surface area contributed by atoms with Crippen LogP contribution in [0.15, 0.2) is 16.3 Å². The van der Waals surface area contributed by atoms with Gasteiger partial charge < -0.3 is 10.1 Å². The Labute approximate surface area is 118 Å². The van der Waals surface area contributed by atoms with Gasteiger partial charge in [0.1, 0.15) is 4.21 Å². The molecule has 0 amide bonds. The van der Waals surface area contributed by atoms with Crippen LogP contribution in [0.3, 0.4) is 0 Å². The van der Waals surface area contributed by atoms with Gasteiger partial charge in [-0.1, -0.05) is 6.92 Å². The van der Waals surface area contributed by atoms with Crippen molar-refractivity contribution in [2.24, 2.45) is 0 Å². The summed E-state index contributed by atoms with van der Waals surface area (Å²) in [6.45, 7) is 5.74. The van der Waals surface area contributed by atoms with E-state index in [1.807, 2.05) is 13.0 Å². The second-order valence-corrected chi connectivity index (χ2v) is 7.70. The molecule has 0 bridgehead atoms. The third-order valence-electron chi connectivity index (χ3n) is 2.96. The van der Waals surface area contributed by atoms with E-state index in [1.54, 1.807) is 6.07 Å². The third-order valence-corrected chi connectivity index (χ3v) is 6.41. The molecule has 7 heteroatoms. The Kier molecular flexibility index (Phi) is 5.35. The number of nitrogens with zero attached hydrogens (tertiary/aromatic N) is 1. The molecule has 0 radical (unpaired) electrons. The first-order chi connectivity index (χ1) is 9.14. The molecular weight excluding hydrogens is 284 g/mol. The molecule has 1 fully saturated rings. The summed E-state index contributed by atoms with van der Waals surface area (Å²) in [7, 11) is -3.35. The summed E-state index contributed by atoms with van der Waals surface area (Å²) in [5, 5.41) is 3.20. The van der Waals surface area contributed by atoms with E-state index < -0.39 is 10.0 Å². The number of nitrogens with one attached hydrogen (secondary N) is 1. The van der Waals surface area contributed by atoms with Gasteiger partial charge in [-0.15, -0.1) is 11.3 Å². The van der Waals surface area contributed by atoms with Crippen molar-refractivity contribution in [3.05, 3.63) is 17.0 Å². The molecule has 0 aromatic carbocycles. The molecule has 0 spiro atoms. The van der Waals surface area contributed by atoms with Crippen LogP contribution in [0.2, 0.25) is 0 Å². The Hall–Kier alpha value is -0.470. The zero-order valence-corrected chi connectivity index (χ0v) is 12.7. The van der Waals surface area contributed by atoms with Crippen molar-refractivity contribution in [2.45, 2.75) is 24.1 Å². The molecule has 2 rings (SSSR count). The van der Waals surface area contributed by atoms with E-state index in [4.69, 9.17) is 4.74 Å². The minimum absolute atomic E-state index is 0.433. The number of thiophene rings is 1. The number of hydrogen-bond donors (Lipinski definition) is 1. The van der Waals surface area contributed by atoms with Crippen LogP contribution in [0.4, 0.5) is 0 Å². The topological polar surface area (TPSA) is 58.6 Å². The molecule has 1 aromatic heterocycles. The molecule has 1 aromatic rings. The zero-order chi connectivity index (χ0) is 13.7. The molecule has 1 aliphatic heterocycles. The smallest absolute Gasteiger partial charge is 0.252 e. The fourth-order valence-corrected chi connectivity index (χ4v) is 4.87. The number of rotatable bonds is 5. The monoisotopic (exact) mass is 304 g/mol. The van der Waals surface area contributed by atoms with Gasteiger partial charge >= 0.3 is 0 Å². The predicted molar refractivity (Wildman–Crippen MR) is 75.9 cm³/mol. The average Bonchev–Trinajstić information content (AvgIpc) is 2.70. The number of hydrogen-bond acceptors (Lipinski definition) is 5. The van der Waals surface area contributed by atoms with Crippen LogP contribution in [0.1, 0.15) is 18.2 Å². The van der Waals surface area contributed by atoms with Gasteiger partial charge in [-0.3, -0.25) is 0 Å². The maximum atomic E-state index is 12.5. The Balaban J connectivity index is 2.11. The summed E-state index contributed by atoms with van der Waals surface area (Å²) in [6, 6.07) is 3.59. The SMILES string of the molecule is CCNCc1ccc(S(=O)(=O)N2CCCOCC2)s1. The second kappa shape index (κ2) is 6.81. The molecule has 1 saturated heterocycles. The van der Waals surface area contributed by atoms with E-state index in [-0.39, 0.29) is 0 Å². The highest BCUT2D eigenvalue weighted by Gasteiger charge is 2.26. The fraction of sp³-hybridized carbons (Fsp3) is 0.667. The van der Waals surface area contributed by atoms with Gasteiger partial charge in [0.25, 0.3) is 10.0 Å². The van der Waals surface area contributed by atoms with Crippen molar-refractivity contribution in [1.29, 1.82) is 0 Å². The van der Waals surface area contributed by atoms with Gasteiger partial charge in [0.15, 0.2) is 0 Å². The molecule has 2 heterocycles. The number of ether oxygens (including phenoxy) is 1. The molecular formula is C12H20N2O3S2. The maximum absolute atomic E-state index is 12.5.